The standard InChI is InChI=1S/C19H24BrNO/c20-16-9-7-15(8-10-16)18-2-1-11-21(18)19(22)12-17(13-3-4-13)14-5-6-14/h7-10,13-14,17-18H,1-6,11-12H2. The van der Waals surface area contributed by atoms with Crippen LogP contribution in [0.2, 0.25) is 0 Å². The molecule has 1 aromatic carbocycles. The maximum Gasteiger partial charge on any atom is 0.223 e. The number of likely N-dealkylation sites (tertiary alicyclic amines) is 1. The summed E-state index contributed by atoms with van der Waals surface area (Å²) in [6.07, 6.45) is 8.53. The van der Waals surface area contributed by atoms with Crippen molar-refractivity contribution in [2.45, 2.75) is 51.0 Å². The number of halogens is 1. The van der Waals surface area contributed by atoms with Crippen molar-refractivity contribution in [2.24, 2.45) is 17.8 Å². The Labute approximate surface area is 141 Å². The molecule has 1 unspecified atom stereocenters. The van der Waals surface area contributed by atoms with E-state index in [1.54, 1.807) is 0 Å². The van der Waals surface area contributed by atoms with Gasteiger partial charge in [0.1, 0.15) is 0 Å². The van der Waals surface area contributed by atoms with Gasteiger partial charge in [-0.3, -0.25) is 4.79 Å². The maximum absolute atomic E-state index is 12.9. The van der Waals surface area contributed by atoms with Gasteiger partial charge in [-0.1, -0.05) is 28.1 Å². The average Bonchev–Trinajstić information content (AvgIpc) is 3.44. The lowest BCUT2D eigenvalue weighted by molar-refractivity contribution is -0.133. The van der Waals surface area contributed by atoms with E-state index in [2.05, 4.69) is 45.1 Å². The molecule has 0 spiro atoms. The summed E-state index contributed by atoms with van der Waals surface area (Å²) < 4.78 is 1.11. The minimum Gasteiger partial charge on any atom is -0.336 e. The van der Waals surface area contributed by atoms with Crippen molar-refractivity contribution in [3.63, 3.8) is 0 Å². The topological polar surface area (TPSA) is 20.3 Å². The van der Waals surface area contributed by atoms with E-state index < -0.39 is 0 Å². The highest BCUT2D eigenvalue weighted by atomic mass is 79.9. The zero-order valence-electron chi connectivity index (χ0n) is 13.0. The summed E-state index contributed by atoms with van der Waals surface area (Å²) in [7, 11) is 0. The van der Waals surface area contributed by atoms with Gasteiger partial charge >= 0.3 is 0 Å². The molecule has 2 saturated carbocycles. The fraction of sp³-hybridized carbons (Fsp3) is 0.632. The van der Waals surface area contributed by atoms with Crippen molar-refractivity contribution in [2.75, 3.05) is 6.54 Å². The van der Waals surface area contributed by atoms with Crippen molar-refractivity contribution in [3.8, 4) is 0 Å². The van der Waals surface area contributed by atoms with E-state index in [4.69, 9.17) is 0 Å². The van der Waals surface area contributed by atoms with E-state index in [-0.39, 0.29) is 0 Å². The molecule has 4 rings (SSSR count). The van der Waals surface area contributed by atoms with Gasteiger partial charge in [0.05, 0.1) is 6.04 Å². The quantitative estimate of drug-likeness (QED) is 0.727. The molecule has 1 aromatic rings. The molecule has 1 saturated heterocycles. The van der Waals surface area contributed by atoms with Crippen LogP contribution in [0.5, 0.6) is 0 Å². The molecule has 1 atom stereocenters. The Balaban J connectivity index is 1.45. The molecule has 2 nitrogen and oxygen atoms in total. The number of carbonyl (C=O) groups is 1. The number of hydrogen-bond acceptors (Lipinski definition) is 1. The average molecular weight is 362 g/mol. The summed E-state index contributed by atoms with van der Waals surface area (Å²) in [5, 5.41) is 0. The monoisotopic (exact) mass is 361 g/mol. The highest BCUT2D eigenvalue weighted by Crippen LogP contribution is 2.51. The fourth-order valence-corrected chi connectivity index (χ4v) is 4.45. The normalized spacial score (nSPS) is 25.0. The van der Waals surface area contributed by atoms with Crippen molar-refractivity contribution in [3.05, 3.63) is 34.3 Å². The molecule has 22 heavy (non-hydrogen) atoms. The van der Waals surface area contributed by atoms with Crippen LogP contribution in [0.25, 0.3) is 0 Å². The van der Waals surface area contributed by atoms with Gasteiger partial charge in [-0.25, -0.2) is 0 Å². The summed E-state index contributed by atoms with van der Waals surface area (Å²) in [4.78, 5) is 15.1. The Morgan fingerprint density at radius 1 is 1.09 bits per heavy atom. The number of benzene rings is 1. The largest absolute Gasteiger partial charge is 0.336 e. The minimum atomic E-state index is 0.305. The lowest BCUT2D eigenvalue weighted by Gasteiger charge is -2.27. The van der Waals surface area contributed by atoms with E-state index in [9.17, 15) is 4.79 Å². The van der Waals surface area contributed by atoms with E-state index in [1.165, 1.54) is 31.2 Å². The summed E-state index contributed by atoms with van der Waals surface area (Å²) in [5.41, 5.74) is 1.29. The molecular weight excluding hydrogens is 338 g/mol. The lowest BCUT2D eigenvalue weighted by Crippen LogP contribution is -2.32. The molecule has 0 aromatic heterocycles. The Morgan fingerprint density at radius 3 is 2.32 bits per heavy atom. The molecule has 0 N–H and O–H groups in total. The highest BCUT2D eigenvalue weighted by molar-refractivity contribution is 9.10. The van der Waals surface area contributed by atoms with Crippen LogP contribution >= 0.6 is 15.9 Å². The van der Waals surface area contributed by atoms with E-state index in [1.807, 2.05) is 0 Å². The van der Waals surface area contributed by atoms with Crippen LogP contribution < -0.4 is 0 Å². The van der Waals surface area contributed by atoms with Crippen LogP contribution in [0.1, 0.15) is 56.6 Å². The van der Waals surface area contributed by atoms with Gasteiger partial charge in [0.25, 0.3) is 0 Å². The van der Waals surface area contributed by atoms with Crippen molar-refractivity contribution < 1.29 is 4.79 Å². The Kier molecular flexibility index (Phi) is 4.02. The number of rotatable bonds is 5. The minimum absolute atomic E-state index is 0.305. The van der Waals surface area contributed by atoms with Gasteiger partial charge in [0.15, 0.2) is 0 Å². The summed E-state index contributed by atoms with van der Waals surface area (Å²) >= 11 is 3.50. The first kappa shape index (κ1) is 14.7. The van der Waals surface area contributed by atoms with Crippen molar-refractivity contribution >= 4 is 21.8 Å². The molecule has 0 radical (unpaired) electrons. The first-order chi connectivity index (χ1) is 10.7. The molecular formula is C19H24BrNO. The third-order valence-electron chi connectivity index (χ3n) is 5.69. The number of nitrogens with zero attached hydrogens (tertiary/aromatic N) is 1. The van der Waals surface area contributed by atoms with Crippen LogP contribution in [0.3, 0.4) is 0 Å². The zero-order chi connectivity index (χ0) is 15.1. The van der Waals surface area contributed by atoms with E-state index in [0.29, 0.717) is 17.9 Å². The van der Waals surface area contributed by atoms with Gasteiger partial charge < -0.3 is 4.90 Å². The SMILES string of the molecule is O=C(CC(C1CC1)C1CC1)N1CCCC1c1ccc(Br)cc1. The summed E-state index contributed by atoms with van der Waals surface area (Å²) in [6.45, 7) is 0.946. The number of hydrogen-bond donors (Lipinski definition) is 0. The van der Waals surface area contributed by atoms with Gasteiger partial charge in [0, 0.05) is 17.4 Å². The van der Waals surface area contributed by atoms with Crippen LogP contribution in [-0.4, -0.2) is 17.4 Å². The second kappa shape index (κ2) is 5.99. The Morgan fingerprint density at radius 2 is 1.73 bits per heavy atom. The Hall–Kier alpha value is -0.830. The van der Waals surface area contributed by atoms with E-state index in [0.717, 1.165) is 42.1 Å². The molecule has 0 bridgehead atoms. The third-order valence-corrected chi connectivity index (χ3v) is 6.22. The first-order valence-electron chi connectivity index (χ1n) is 8.77. The highest BCUT2D eigenvalue weighted by Gasteiger charge is 2.43. The maximum atomic E-state index is 12.9. The van der Waals surface area contributed by atoms with Gasteiger partial charge in [-0.05, 0) is 74.0 Å². The molecule has 1 aliphatic heterocycles. The molecule has 3 heteroatoms. The number of amides is 1. The Bertz CT molecular complexity index is 535. The van der Waals surface area contributed by atoms with Crippen LogP contribution in [0, 0.1) is 17.8 Å². The molecule has 1 heterocycles. The second-order valence-electron chi connectivity index (χ2n) is 7.34. The molecule has 3 fully saturated rings. The van der Waals surface area contributed by atoms with Crippen LogP contribution in [0.15, 0.2) is 28.7 Å². The van der Waals surface area contributed by atoms with Crippen LogP contribution in [0.4, 0.5) is 0 Å². The van der Waals surface area contributed by atoms with Crippen molar-refractivity contribution in [1.82, 2.24) is 4.90 Å². The van der Waals surface area contributed by atoms with Crippen molar-refractivity contribution in [1.29, 1.82) is 0 Å². The van der Waals surface area contributed by atoms with Gasteiger partial charge in [-0.15, -0.1) is 0 Å². The smallest absolute Gasteiger partial charge is 0.223 e. The molecule has 2 aliphatic carbocycles. The second-order valence-corrected chi connectivity index (χ2v) is 8.26. The number of carbonyl (C=O) groups excluding carboxylic acids is 1. The van der Waals surface area contributed by atoms with E-state index >= 15 is 0 Å². The lowest BCUT2D eigenvalue weighted by atomic mass is 9.93. The summed E-state index contributed by atoms with van der Waals surface area (Å²) in [5.74, 6) is 2.84. The van der Waals surface area contributed by atoms with Crippen LogP contribution in [-0.2, 0) is 4.79 Å². The summed E-state index contributed by atoms with van der Waals surface area (Å²) in [6, 6.07) is 8.82. The zero-order valence-corrected chi connectivity index (χ0v) is 14.6. The molecule has 118 valence electrons. The first-order valence-corrected chi connectivity index (χ1v) is 9.56. The third kappa shape index (κ3) is 3.10. The fourth-order valence-electron chi connectivity index (χ4n) is 4.18. The van der Waals surface area contributed by atoms with Gasteiger partial charge in [-0.2, -0.15) is 0 Å². The molecule has 1 amide bonds. The van der Waals surface area contributed by atoms with Gasteiger partial charge in [0.2, 0.25) is 5.91 Å². The predicted octanol–water partition coefficient (Wildman–Crippen LogP) is 4.94. The predicted molar refractivity (Wildman–Crippen MR) is 91.4 cm³/mol. The molecule has 3 aliphatic rings.